The Balaban J connectivity index is 1.88. The number of amides is 1. The van der Waals surface area contributed by atoms with Crippen molar-refractivity contribution in [1.29, 1.82) is 0 Å². The van der Waals surface area contributed by atoms with E-state index in [1.807, 2.05) is 30.3 Å². The zero-order chi connectivity index (χ0) is 14.2. The van der Waals surface area contributed by atoms with Crippen molar-refractivity contribution in [3.63, 3.8) is 0 Å². The lowest BCUT2D eigenvalue weighted by atomic mass is 10.0. The molecule has 110 valence electrons. The lowest BCUT2D eigenvalue weighted by molar-refractivity contribution is -0.124. The Labute approximate surface area is 119 Å². The van der Waals surface area contributed by atoms with E-state index in [0.29, 0.717) is 26.2 Å². The first-order valence-electron chi connectivity index (χ1n) is 7.05. The number of aliphatic hydroxyl groups excluding tert-OH is 1. The van der Waals surface area contributed by atoms with Gasteiger partial charge in [0.2, 0.25) is 5.91 Å². The monoisotopic (exact) mass is 278 g/mol. The molecule has 1 aromatic carbocycles. The second kappa shape index (κ2) is 7.99. The smallest absolute Gasteiger partial charge is 0.234 e. The van der Waals surface area contributed by atoms with Crippen LogP contribution in [0.1, 0.15) is 18.0 Å². The second-order valence-corrected chi connectivity index (χ2v) is 4.93. The van der Waals surface area contributed by atoms with Crippen molar-refractivity contribution in [2.24, 2.45) is 0 Å². The zero-order valence-corrected chi connectivity index (χ0v) is 11.6. The van der Waals surface area contributed by atoms with Crippen LogP contribution >= 0.6 is 0 Å². The number of ether oxygens (including phenoxy) is 1. The molecule has 0 spiro atoms. The third kappa shape index (κ3) is 4.59. The fourth-order valence-corrected chi connectivity index (χ4v) is 2.34. The van der Waals surface area contributed by atoms with Gasteiger partial charge in [-0.3, -0.25) is 9.69 Å². The van der Waals surface area contributed by atoms with Gasteiger partial charge >= 0.3 is 0 Å². The first-order chi connectivity index (χ1) is 9.79. The van der Waals surface area contributed by atoms with Crippen molar-refractivity contribution in [2.75, 3.05) is 39.5 Å². The maximum atomic E-state index is 12.1. The predicted octanol–water partition coefficient (Wildman–Crippen LogP) is 0.559. The Kier molecular flexibility index (Phi) is 5.98. The average Bonchev–Trinajstić information content (AvgIpc) is 2.49. The minimum absolute atomic E-state index is 0.00537. The Morgan fingerprint density at radius 2 is 2.00 bits per heavy atom. The van der Waals surface area contributed by atoms with Gasteiger partial charge in [-0.15, -0.1) is 0 Å². The van der Waals surface area contributed by atoms with Crippen LogP contribution in [0.5, 0.6) is 0 Å². The standard InChI is InChI=1S/C15H22N2O3/c18-9-6-14(13-4-2-1-3-5-13)16-15(19)12-17-7-10-20-11-8-17/h1-5,14,18H,6-12H2,(H,16,19). The van der Waals surface area contributed by atoms with E-state index in [1.54, 1.807) is 0 Å². The molecule has 0 saturated carbocycles. The number of rotatable bonds is 6. The van der Waals surface area contributed by atoms with Crippen molar-refractivity contribution in [3.8, 4) is 0 Å². The fraction of sp³-hybridized carbons (Fsp3) is 0.533. The molecule has 5 nitrogen and oxygen atoms in total. The SMILES string of the molecule is O=C(CN1CCOCC1)NC(CCO)c1ccccc1. The summed E-state index contributed by atoms with van der Waals surface area (Å²) in [4.78, 5) is 14.2. The largest absolute Gasteiger partial charge is 0.396 e. The Morgan fingerprint density at radius 1 is 1.30 bits per heavy atom. The predicted molar refractivity (Wildman–Crippen MR) is 76.3 cm³/mol. The third-order valence-electron chi connectivity index (χ3n) is 3.43. The summed E-state index contributed by atoms with van der Waals surface area (Å²) in [6, 6.07) is 9.62. The highest BCUT2D eigenvalue weighted by molar-refractivity contribution is 5.78. The lowest BCUT2D eigenvalue weighted by Crippen LogP contribution is -2.44. The number of nitrogens with one attached hydrogen (secondary N) is 1. The number of morpholine rings is 1. The Bertz CT molecular complexity index is 405. The Morgan fingerprint density at radius 3 is 2.65 bits per heavy atom. The highest BCUT2D eigenvalue weighted by Gasteiger charge is 2.17. The van der Waals surface area contributed by atoms with Gasteiger partial charge in [-0.1, -0.05) is 30.3 Å². The summed E-state index contributed by atoms with van der Waals surface area (Å²) in [5.41, 5.74) is 1.02. The van der Waals surface area contributed by atoms with Crippen molar-refractivity contribution in [2.45, 2.75) is 12.5 Å². The molecule has 1 aliphatic rings. The number of aliphatic hydroxyl groups is 1. The molecule has 0 aliphatic carbocycles. The molecule has 0 aromatic heterocycles. The topological polar surface area (TPSA) is 61.8 Å². The van der Waals surface area contributed by atoms with Crippen LogP contribution in [0.2, 0.25) is 0 Å². The minimum atomic E-state index is -0.130. The summed E-state index contributed by atoms with van der Waals surface area (Å²) < 4.78 is 5.26. The first-order valence-corrected chi connectivity index (χ1v) is 7.05. The van der Waals surface area contributed by atoms with Gasteiger partial charge in [0.05, 0.1) is 25.8 Å². The van der Waals surface area contributed by atoms with Crippen LogP contribution in [0.15, 0.2) is 30.3 Å². The molecule has 1 heterocycles. The number of hydrogen-bond acceptors (Lipinski definition) is 4. The molecule has 1 unspecified atom stereocenters. The summed E-state index contributed by atoms with van der Waals surface area (Å²) in [5, 5.41) is 12.2. The van der Waals surface area contributed by atoms with E-state index in [9.17, 15) is 4.79 Å². The molecule has 1 atom stereocenters. The van der Waals surface area contributed by atoms with Crippen LogP contribution in [0, 0.1) is 0 Å². The molecule has 2 rings (SSSR count). The number of nitrogens with zero attached hydrogens (tertiary/aromatic N) is 1. The summed E-state index contributed by atoms with van der Waals surface area (Å²) in [6.45, 7) is 3.40. The normalized spacial score (nSPS) is 17.6. The van der Waals surface area contributed by atoms with Crippen LogP contribution < -0.4 is 5.32 Å². The van der Waals surface area contributed by atoms with Crippen LogP contribution in [-0.4, -0.2) is 55.4 Å². The highest BCUT2D eigenvalue weighted by Crippen LogP contribution is 2.15. The molecular formula is C15H22N2O3. The molecule has 0 radical (unpaired) electrons. The van der Waals surface area contributed by atoms with Crippen molar-refractivity contribution in [3.05, 3.63) is 35.9 Å². The van der Waals surface area contributed by atoms with Gasteiger partial charge < -0.3 is 15.2 Å². The van der Waals surface area contributed by atoms with E-state index in [2.05, 4.69) is 10.2 Å². The number of carbonyl (C=O) groups excluding carboxylic acids is 1. The van der Waals surface area contributed by atoms with Crippen molar-refractivity contribution >= 4 is 5.91 Å². The molecule has 1 fully saturated rings. The molecule has 1 aromatic rings. The number of benzene rings is 1. The van der Waals surface area contributed by atoms with Crippen molar-refractivity contribution in [1.82, 2.24) is 10.2 Å². The molecule has 5 heteroatoms. The molecule has 0 bridgehead atoms. The second-order valence-electron chi connectivity index (χ2n) is 4.93. The summed E-state index contributed by atoms with van der Waals surface area (Å²) in [6.07, 6.45) is 0.527. The first kappa shape index (κ1) is 15.0. The van der Waals surface area contributed by atoms with E-state index < -0.39 is 0 Å². The number of carbonyl (C=O) groups is 1. The molecular weight excluding hydrogens is 256 g/mol. The summed E-state index contributed by atoms with van der Waals surface area (Å²) in [7, 11) is 0. The number of hydrogen-bond donors (Lipinski definition) is 2. The van der Waals surface area contributed by atoms with Gasteiger partial charge in [-0.25, -0.2) is 0 Å². The summed E-state index contributed by atoms with van der Waals surface area (Å²) in [5.74, 6) is -0.00537. The van der Waals surface area contributed by atoms with Gasteiger partial charge in [0, 0.05) is 19.7 Å². The van der Waals surface area contributed by atoms with Gasteiger partial charge in [-0.05, 0) is 12.0 Å². The van der Waals surface area contributed by atoms with E-state index in [0.717, 1.165) is 18.7 Å². The van der Waals surface area contributed by atoms with Gasteiger partial charge in [0.25, 0.3) is 0 Å². The zero-order valence-electron chi connectivity index (χ0n) is 11.6. The van der Waals surface area contributed by atoms with Gasteiger partial charge in [0.15, 0.2) is 0 Å². The fourth-order valence-electron chi connectivity index (χ4n) is 2.34. The van der Waals surface area contributed by atoms with E-state index in [4.69, 9.17) is 9.84 Å². The van der Waals surface area contributed by atoms with Crippen LogP contribution in [0.25, 0.3) is 0 Å². The van der Waals surface area contributed by atoms with E-state index >= 15 is 0 Å². The highest BCUT2D eigenvalue weighted by atomic mass is 16.5. The van der Waals surface area contributed by atoms with Crippen LogP contribution in [-0.2, 0) is 9.53 Å². The lowest BCUT2D eigenvalue weighted by Gasteiger charge is -2.27. The van der Waals surface area contributed by atoms with E-state index in [1.165, 1.54) is 0 Å². The molecule has 1 aliphatic heterocycles. The maximum Gasteiger partial charge on any atom is 0.234 e. The maximum absolute atomic E-state index is 12.1. The molecule has 20 heavy (non-hydrogen) atoms. The molecule has 1 amide bonds. The van der Waals surface area contributed by atoms with Crippen molar-refractivity contribution < 1.29 is 14.6 Å². The average molecular weight is 278 g/mol. The molecule has 2 N–H and O–H groups in total. The summed E-state index contributed by atoms with van der Waals surface area (Å²) >= 11 is 0. The third-order valence-corrected chi connectivity index (χ3v) is 3.43. The van der Waals surface area contributed by atoms with Crippen LogP contribution in [0.4, 0.5) is 0 Å². The molecule has 1 saturated heterocycles. The van der Waals surface area contributed by atoms with Crippen LogP contribution in [0.3, 0.4) is 0 Å². The minimum Gasteiger partial charge on any atom is -0.396 e. The Hall–Kier alpha value is -1.43. The van der Waals surface area contributed by atoms with Gasteiger partial charge in [-0.2, -0.15) is 0 Å². The quantitative estimate of drug-likeness (QED) is 0.798. The van der Waals surface area contributed by atoms with Gasteiger partial charge in [0.1, 0.15) is 0 Å². The van der Waals surface area contributed by atoms with E-state index in [-0.39, 0.29) is 18.6 Å².